The lowest BCUT2D eigenvalue weighted by Gasteiger charge is -2.23. The molecule has 0 bridgehead atoms. The third-order valence-corrected chi connectivity index (χ3v) is 3.14. The van der Waals surface area contributed by atoms with Crippen LogP contribution >= 0.6 is 0 Å². The van der Waals surface area contributed by atoms with Crippen LogP contribution in [0.3, 0.4) is 0 Å². The summed E-state index contributed by atoms with van der Waals surface area (Å²) in [4.78, 5) is 13.2. The van der Waals surface area contributed by atoms with Gasteiger partial charge >= 0.3 is 5.97 Å². The SMILES string of the molecule is CC1CCN(CCC(C)(C)C(=O)O)C1. The lowest BCUT2D eigenvalue weighted by Crippen LogP contribution is -2.30. The van der Waals surface area contributed by atoms with Crippen LogP contribution in [0.2, 0.25) is 0 Å². The molecule has 0 spiro atoms. The maximum atomic E-state index is 10.9. The molecule has 1 unspecified atom stereocenters. The Morgan fingerprint density at radius 3 is 2.64 bits per heavy atom. The maximum absolute atomic E-state index is 10.9. The monoisotopic (exact) mass is 199 g/mol. The summed E-state index contributed by atoms with van der Waals surface area (Å²) >= 11 is 0. The van der Waals surface area contributed by atoms with E-state index in [1.54, 1.807) is 13.8 Å². The van der Waals surface area contributed by atoms with Crippen LogP contribution in [0.15, 0.2) is 0 Å². The number of aliphatic carboxylic acids is 1. The molecule has 1 N–H and O–H groups in total. The molecule has 0 aromatic carbocycles. The number of rotatable bonds is 4. The van der Waals surface area contributed by atoms with E-state index in [9.17, 15) is 4.79 Å². The van der Waals surface area contributed by atoms with E-state index in [2.05, 4.69) is 11.8 Å². The molecule has 0 radical (unpaired) electrons. The van der Waals surface area contributed by atoms with Gasteiger partial charge in [-0.25, -0.2) is 0 Å². The summed E-state index contributed by atoms with van der Waals surface area (Å²) in [6, 6.07) is 0. The fourth-order valence-electron chi connectivity index (χ4n) is 1.77. The van der Waals surface area contributed by atoms with Gasteiger partial charge in [-0.05, 0) is 45.7 Å². The lowest BCUT2D eigenvalue weighted by molar-refractivity contribution is -0.147. The zero-order valence-corrected chi connectivity index (χ0v) is 9.42. The molecule has 1 atom stereocenters. The zero-order chi connectivity index (χ0) is 10.8. The van der Waals surface area contributed by atoms with Crippen LogP contribution in [0.25, 0.3) is 0 Å². The van der Waals surface area contributed by atoms with E-state index in [4.69, 9.17) is 5.11 Å². The maximum Gasteiger partial charge on any atom is 0.309 e. The van der Waals surface area contributed by atoms with Crippen LogP contribution in [-0.2, 0) is 4.79 Å². The van der Waals surface area contributed by atoms with E-state index >= 15 is 0 Å². The van der Waals surface area contributed by atoms with Gasteiger partial charge in [0.1, 0.15) is 0 Å². The number of likely N-dealkylation sites (tertiary alicyclic amines) is 1. The van der Waals surface area contributed by atoms with Crippen LogP contribution in [-0.4, -0.2) is 35.6 Å². The Hall–Kier alpha value is -0.570. The van der Waals surface area contributed by atoms with Crippen molar-refractivity contribution in [3.05, 3.63) is 0 Å². The van der Waals surface area contributed by atoms with Crippen molar-refractivity contribution >= 4 is 5.97 Å². The smallest absolute Gasteiger partial charge is 0.309 e. The Kier molecular flexibility index (Phi) is 3.53. The second-order valence-corrected chi connectivity index (χ2v) is 5.13. The molecule has 1 aliphatic heterocycles. The highest BCUT2D eigenvalue weighted by Gasteiger charge is 2.28. The second kappa shape index (κ2) is 4.30. The Morgan fingerprint density at radius 2 is 2.21 bits per heavy atom. The largest absolute Gasteiger partial charge is 0.481 e. The molecule has 0 aromatic rings. The summed E-state index contributed by atoms with van der Waals surface area (Å²) in [6.45, 7) is 9.04. The summed E-state index contributed by atoms with van der Waals surface area (Å²) in [6.07, 6.45) is 2.00. The van der Waals surface area contributed by atoms with Crippen molar-refractivity contribution in [1.29, 1.82) is 0 Å². The van der Waals surface area contributed by atoms with Gasteiger partial charge in [0.05, 0.1) is 5.41 Å². The van der Waals surface area contributed by atoms with E-state index in [1.807, 2.05) is 0 Å². The fourth-order valence-corrected chi connectivity index (χ4v) is 1.77. The summed E-state index contributed by atoms with van der Waals surface area (Å²) in [5, 5.41) is 8.95. The number of carboxylic acid groups (broad SMARTS) is 1. The van der Waals surface area contributed by atoms with Gasteiger partial charge in [0.25, 0.3) is 0 Å². The van der Waals surface area contributed by atoms with Gasteiger partial charge in [0, 0.05) is 6.54 Å². The predicted octanol–water partition coefficient (Wildman–Crippen LogP) is 1.83. The first-order valence-corrected chi connectivity index (χ1v) is 5.37. The van der Waals surface area contributed by atoms with E-state index < -0.39 is 11.4 Å². The molecule has 3 heteroatoms. The Balaban J connectivity index is 2.30. The minimum atomic E-state index is -0.690. The molecule has 1 saturated heterocycles. The fraction of sp³-hybridized carbons (Fsp3) is 0.909. The number of hydrogen-bond acceptors (Lipinski definition) is 2. The average molecular weight is 199 g/mol. The van der Waals surface area contributed by atoms with Gasteiger partial charge < -0.3 is 10.0 Å². The third kappa shape index (κ3) is 2.98. The molecule has 1 rings (SSSR count). The first-order chi connectivity index (χ1) is 6.42. The molecule has 1 aliphatic rings. The number of carboxylic acids is 1. The zero-order valence-electron chi connectivity index (χ0n) is 9.42. The van der Waals surface area contributed by atoms with Crippen LogP contribution in [0.5, 0.6) is 0 Å². The Bertz CT molecular complexity index is 213. The first-order valence-electron chi connectivity index (χ1n) is 5.37. The highest BCUT2D eigenvalue weighted by molar-refractivity contribution is 5.73. The molecule has 0 aromatic heterocycles. The number of hydrogen-bond donors (Lipinski definition) is 1. The van der Waals surface area contributed by atoms with Crippen molar-refractivity contribution in [3.8, 4) is 0 Å². The van der Waals surface area contributed by atoms with Crippen molar-refractivity contribution in [2.24, 2.45) is 11.3 Å². The van der Waals surface area contributed by atoms with Gasteiger partial charge in [-0.1, -0.05) is 6.92 Å². The van der Waals surface area contributed by atoms with Crippen LogP contribution in [0.1, 0.15) is 33.6 Å². The third-order valence-electron chi connectivity index (χ3n) is 3.14. The first kappa shape index (κ1) is 11.5. The number of carbonyl (C=O) groups is 1. The van der Waals surface area contributed by atoms with Crippen molar-refractivity contribution in [3.63, 3.8) is 0 Å². The Labute approximate surface area is 86.1 Å². The average Bonchev–Trinajstić information content (AvgIpc) is 2.48. The molecule has 1 heterocycles. The minimum absolute atomic E-state index is 0.578. The molecule has 1 fully saturated rings. The highest BCUT2D eigenvalue weighted by atomic mass is 16.4. The van der Waals surface area contributed by atoms with Crippen molar-refractivity contribution in [2.45, 2.75) is 33.6 Å². The van der Waals surface area contributed by atoms with E-state index in [1.165, 1.54) is 6.42 Å². The summed E-state index contributed by atoms with van der Waals surface area (Å²) in [7, 11) is 0. The second-order valence-electron chi connectivity index (χ2n) is 5.13. The van der Waals surface area contributed by atoms with Gasteiger partial charge in [-0.2, -0.15) is 0 Å². The molecule has 82 valence electrons. The molecular formula is C11H21NO2. The van der Waals surface area contributed by atoms with Gasteiger partial charge in [-0.15, -0.1) is 0 Å². The van der Waals surface area contributed by atoms with Crippen LogP contribution < -0.4 is 0 Å². The van der Waals surface area contributed by atoms with Crippen molar-refractivity contribution < 1.29 is 9.90 Å². The summed E-state index contributed by atoms with van der Waals surface area (Å²) in [5.41, 5.74) is -0.578. The summed E-state index contributed by atoms with van der Waals surface area (Å²) in [5.74, 6) is 0.0904. The molecule has 0 amide bonds. The standard InChI is InChI=1S/C11H21NO2/c1-9-4-6-12(8-9)7-5-11(2,3)10(13)14/h9H,4-8H2,1-3H3,(H,13,14). The highest BCUT2D eigenvalue weighted by Crippen LogP contribution is 2.23. The molecule has 0 aliphatic carbocycles. The normalized spacial score (nSPS) is 24.1. The van der Waals surface area contributed by atoms with Gasteiger partial charge in [-0.3, -0.25) is 4.79 Å². The predicted molar refractivity (Wildman–Crippen MR) is 56.3 cm³/mol. The Morgan fingerprint density at radius 1 is 1.57 bits per heavy atom. The van der Waals surface area contributed by atoms with E-state index in [0.717, 1.165) is 32.0 Å². The van der Waals surface area contributed by atoms with Gasteiger partial charge in [0.15, 0.2) is 0 Å². The topological polar surface area (TPSA) is 40.5 Å². The van der Waals surface area contributed by atoms with Gasteiger partial charge in [0.2, 0.25) is 0 Å². The molecule has 3 nitrogen and oxygen atoms in total. The van der Waals surface area contributed by atoms with E-state index in [-0.39, 0.29) is 0 Å². The molecular weight excluding hydrogens is 178 g/mol. The molecule has 14 heavy (non-hydrogen) atoms. The molecule has 0 saturated carbocycles. The quantitative estimate of drug-likeness (QED) is 0.751. The van der Waals surface area contributed by atoms with Crippen LogP contribution in [0.4, 0.5) is 0 Å². The summed E-state index contributed by atoms with van der Waals surface area (Å²) < 4.78 is 0. The van der Waals surface area contributed by atoms with Crippen molar-refractivity contribution in [2.75, 3.05) is 19.6 Å². The van der Waals surface area contributed by atoms with Crippen molar-refractivity contribution in [1.82, 2.24) is 4.90 Å². The minimum Gasteiger partial charge on any atom is -0.481 e. The number of nitrogens with zero attached hydrogens (tertiary/aromatic N) is 1. The lowest BCUT2D eigenvalue weighted by atomic mass is 9.89. The van der Waals surface area contributed by atoms with Crippen LogP contribution in [0, 0.1) is 11.3 Å². The van der Waals surface area contributed by atoms with E-state index in [0.29, 0.717) is 0 Å².